The lowest BCUT2D eigenvalue weighted by molar-refractivity contribution is -0.142. The zero-order valence-corrected chi connectivity index (χ0v) is 8.93. The van der Waals surface area contributed by atoms with Gasteiger partial charge in [0.15, 0.2) is 0 Å². The summed E-state index contributed by atoms with van der Waals surface area (Å²) in [5.74, 6) is -0.768. The highest BCUT2D eigenvalue weighted by Crippen LogP contribution is 2.24. The summed E-state index contributed by atoms with van der Waals surface area (Å²) in [6.45, 7) is 0.217. The van der Waals surface area contributed by atoms with E-state index in [1.165, 1.54) is 7.11 Å². The summed E-state index contributed by atoms with van der Waals surface area (Å²) in [4.78, 5) is 18.7. The van der Waals surface area contributed by atoms with Crippen LogP contribution in [0.5, 0.6) is 0 Å². The van der Waals surface area contributed by atoms with E-state index in [0.717, 1.165) is 16.6 Å². The third kappa shape index (κ3) is 1.65. The predicted molar refractivity (Wildman–Crippen MR) is 59.9 cm³/mol. The lowest BCUT2D eigenvalue weighted by Gasteiger charge is -2.10. The van der Waals surface area contributed by atoms with Crippen LogP contribution in [0, 0.1) is 0 Å². The summed E-state index contributed by atoms with van der Waals surface area (Å²) >= 11 is 0. The molecule has 1 atom stereocenters. The molecule has 0 aromatic carbocycles. The summed E-state index contributed by atoms with van der Waals surface area (Å²) in [5.41, 5.74) is 7.18. The van der Waals surface area contributed by atoms with E-state index in [4.69, 9.17) is 10.5 Å². The fourth-order valence-corrected chi connectivity index (χ4v) is 1.76. The van der Waals surface area contributed by atoms with Gasteiger partial charge < -0.3 is 15.5 Å². The molecule has 5 nitrogen and oxygen atoms in total. The molecule has 0 aliphatic carbocycles. The van der Waals surface area contributed by atoms with Gasteiger partial charge in [0.05, 0.1) is 13.0 Å². The van der Waals surface area contributed by atoms with Crippen LogP contribution in [0.1, 0.15) is 11.5 Å². The summed E-state index contributed by atoms with van der Waals surface area (Å²) in [5, 5.41) is 0.906. The fraction of sp³-hybridized carbons (Fsp3) is 0.273. The maximum atomic E-state index is 11.5. The van der Waals surface area contributed by atoms with Crippen LogP contribution in [0.2, 0.25) is 0 Å². The molecule has 2 heterocycles. The third-order valence-electron chi connectivity index (χ3n) is 2.58. The van der Waals surface area contributed by atoms with E-state index in [2.05, 4.69) is 9.97 Å². The van der Waals surface area contributed by atoms with Crippen LogP contribution in [-0.4, -0.2) is 29.6 Å². The molecular formula is C11H13N3O2. The van der Waals surface area contributed by atoms with Crippen molar-refractivity contribution >= 4 is 17.0 Å². The van der Waals surface area contributed by atoms with Gasteiger partial charge in [0.1, 0.15) is 5.65 Å². The number of nitrogens with one attached hydrogen (secondary N) is 1. The molecule has 5 heteroatoms. The molecule has 0 aliphatic heterocycles. The Bertz CT molecular complexity index is 507. The summed E-state index contributed by atoms with van der Waals surface area (Å²) < 4.78 is 4.72. The number of hydrogen-bond donors (Lipinski definition) is 2. The fourth-order valence-electron chi connectivity index (χ4n) is 1.76. The van der Waals surface area contributed by atoms with Gasteiger partial charge in [-0.25, -0.2) is 4.98 Å². The Balaban J connectivity index is 2.49. The second kappa shape index (κ2) is 4.32. The number of aromatic amines is 1. The van der Waals surface area contributed by atoms with Crippen molar-refractivity contribution in [2.24, 2.45) is 5.73 Å². The highest BCUT2D eigenvalue weighted by atomic mass is 16.5. The molecule has 2 rings (SSSR count). The molecule has 0 bridgehead atoms. The van der Waals surface area contributed by atoms with E-state index in [9.17, 15) is 4.79 Å². The van der Waals surface area contributed by atoms with Gasteiger partial charge in [-0.1, -0.05) is 0 Å². The second-order valence-electron chi connectivity index (χ2n) is 3.46. The molecule has 0 fully saturated rings. The number of pyridine rings is 1. The van der Waals surface area contributed by atoms with Gasteiger partial charge in [-0.3, -0.25) is 4.79 Å². The number of esters is 1. The van der Waals surface area contributed by atoms with Crippen molar-refractivity contribution in [3.63, 3.8) is 0 Å². The van der Waals surface area contributed by atoms with Crippen molar-refractivity contribution in [2.45, 2.75) is 5.92 Å². The van der Waals surface area contributed by atoms with Crippen molar-refractivity contribution in [3.05, 3.63) is 30.1 Å². The predicted octanol–water partition coefficient (Wildman–Crippen LogP) is 0.778. The first-order chi connectivity index (χ1) is 7.77. The minimum Gasteiger partial charge on any atom is -0.469 e. The number of H-pyrrole nitrogens is 1. The zero-order valence-electron chi connectivity index (χ0n) is 8.93. The Hall–Kier alpha value is -1.88. The quantitative estimate of drug-likeness (QED) is 0.747. The minimum absolute atomic E-state index is 0.217. The minimum atomic E-state index is -0.442. The maximum absolute atomic E-state index is 11.5. The highest BCUT2D eigenvalue weighted by molar-refractivity contribution is 5.88. The summed E-state index contributed by atoms with van der Waals surface area (Å²) in [7, 11) is 1.36. The van der Waals surface area contributed by atoms with Crippen LogP contribution in [0.4, 0.5) is 0 Å². The first-order valence-corrected chi connectivity index (χ1v) is 4.97. The molecule has 0 amide bonds. The zero-order chi connectivity index (χ0) is 11.5. The van der Waals surface area contributed by atoms with E-state index in [0.29, 0.717) is 0 Å². The molecular weight excluding hydrogens is 206 g/mol. The molecule has 2 aromatic rings. The Morgan fingerprint density at radius 3 is 3.19 bits per heavy atom. The van der Waals surface area contributed by atoms with Gasteiger partial charge in [0.25, 0.3) is 0 Å². The Kier molecular flexibility index (Phi) is 2.87. The lowest BCUT2D eigenvalue weighted by Crippen LogP contribution is -2.22. The van der Waals surface area contributed by atoms with Crippen LogP contribution < -0.4 is 5.73 Å². The smallest absolute Gasteiger partial charge is 0.314 e. The maximum Gasteiger partial charge on any atom is 0.314 e. The Morgan fingerprint density at radius 2 is 2.50 bits per heavy atom. The van der Waals surface area contributed by atoms with Gasteiger partial charge >= 0.3 is 5.97 Å². The number of aromatic nitrogens is 2. The lowest BCUT2D eigenvalue weighted by atomic mass is 10.00. The van der Waals surface area contributed by atoms with Crippen molar-refractivity contribution in [1.29, 1.82) is 0 Å². The molecule has 0 radical (unpaired) electrons. The van der Waals surface area contributed by atoms with Crippen LogP contribution in [0.25, 0.3) is 11.0 Å². The van der Waals surface area contributed by atoms with Gasteiger partial charge in [-0.05, 0) is 17.7 Å². The normalized spacial score (nSPS) is 12.6. The van der Waals surface area contributed by atoms with Gasteiger partial charge in [-0.2, -0.15) is 0 Å². The van der Waals surface area contributed by atoms with Crippen molar-refractivity contribution < 1.29 is 9.53 Å². The summed E-state index contributed by atoms with van der Waals surface area (Å²) in [6, 6.07) is 3.73. The number of fused-ring (bicyclic) bond motifs is 1. The number of nitrogens with two attached hydrogens (primary N) is 1. The average Bonchev–Trinajstić information content (AvgIpc) is 2.74. The van der Waals surface area contributed by atoms with E-state index >= 15 is 0 Å². The first-order valence-electron chi connectivity index (χ1n) is 4.97. The molecule has 0 aliphatic rings. The van der Waals surface area contributed by atoms with E-state index < -0.39 is 5.92 Å². The van der Waals surface area contributed by atoms with Crippen LogP contribution in [0.3, 0.4) is 0 Å². The third-order valence-corrected chi connectivity index (χ3v) is 2.58. The number of methoxy groups -OCH3 is 1. The molecule has 0 saturated carbocycles. The van der Waals surface area contributed by atoms with E-state index in [-0.39, 0.29) is 12.5 Å². The Morgan fingerprint density at radius 1 is 1.69 bits per heavy atom. The molecule has 3 N–H and O–H groups in total. The number of rotatable bonds is 3. The average molecular weight is 219 g/mol. The van der Waals surface area contributed by atoms with Gasteiger partial charge in [0, 0.05) is 24.3 Å². The molecule has 16 heavy (non-hydrogen) atoms. The molecule has 2 aromatic heterocycles. The number of nitrogens with zero attached hydrogens (tertiary/aromatic N) is 1. The van der Waals surface area contributed by atoms with E-state index in [1.807, 2.05) is 12.1 Å². The Labute approximate surface area is 92.6 Å². The number of hydrogen-bond acceptors (Lipinski definition) is 4. The number of carbonyl (C=O) groups excluding carboxylic acids is 1. The van der Waals surface area contributed by atoms with Crippen molar-refractivity contribution in [2.75, 3.05) is 13.7 Å². The monoisotopic (exact) mass is 219 g/mol. The summed E-state index contributed by atoms with van der Waals surface area (Å²) in [6.07, 6.45) is 3.45. The highest BCUT2D eigenvalue weighted by Gasteiger charge is 2.22. The van der Waals surface area contributed by atoms with Crippen molar-refractivity contribution in [1.82, 2.24) is 9.97 Å². The van der Waals surface area contributed by atoms with Crippen LogP contribution >= 0.6 is 0 Å². The molecule has 0 saturated heterocycles. The van der Waals surface area contributed by atoms with Gasteiger partial charge in [0.2, 0.25) is 0 Å². The molecule has 0 spiro atoms. The second-order valence-corrected chi connectivity index (χ2v) is 3.46. The van der Waals surface area contributed by atoms with Crippen LogP contribution in [0.15, 0.2) is 24.5 Å². The van der Waals surface area contributed by atoms with Crippen LogP contribution in [-0.2, 0) is 9.53 Å². The van der Waals surface area contributed by atoms with Crippen molar-refractivity contribution in [3.8, 4) is 0 Å². The topological polar surface area (TPSA) is 81.0 Å². The standard InChI is InChI=1S/C11H13N3O2/c1-16-11(15)8(5-12)9-6-14-10-7(9)3-2-4-13-10/h2-4,6,8H,5,12H2,1H3,(H,13,14). The van der Waals surface area contributed by atoms with Gasteiger partial charge in [-0.15, -0.1) is 0 Å². The number of carbonyl (C=O) groups is 1. The molecule has 1 unspecified atom stereocenters. The SMILES string of the molecule is COC(=O)C(CN)c1c[nH]c2ncccc12. The molecule has 84 valence electrons. The first kappa shape index (κ1) is 10.6. The number of ether oxygens (including phenoxy) is 1. The largest absolute Gasteiger partial charge is 0.469 e. The van der Waals surface area contributed by atoms with E-state index in [1.54, 1.807) is 12.4 Å².